The highest BCUT2D eigenvalue weighted by molar-refractivity contribution is 7.47. The zero-order valence-corrected chi connectivity index (χ0v) is 34.0. The number of rotatable bonds is 38. The largest absolute Gasteiger partial charge is 0.480 e. The van der Waals surface area contributed by atoms with Gasteiger partial charge in [0.2, 0.25) is 5.91 Å². The summed E-state index contributed by atoms with van der Waals surface area (Å²) in [5.74, 6) is -2.39. The number of carboxylic acids is 1. The fourth-order valence-electron chi connectivity index (χ4n) is 5.44. The first-order chi connectivity index (χ1) is 25.6. The molecule has 11 nitrogen and oxygen atoms in total. The lowest BCUT2D eigenvalue weighted by Gasteiger charge is -2.18. The van der Waals surface area contributed by atoms with Gasteiger partial charge in [0.1, 0.15) is 12.7 Å². The van der Waals surface area contributed by atoms with E-state index in [0.717, 1.165) is 77.0 Å². The second-order valence-corrected chi connectivity index (χ2v) is 15.3. The summed E-state index contributed by atoms with van der Waals surface area (Å²) in [5, 5.41) is 21.7. The Balaban J connectivity index is 3.87. The van der Waals surface area contributed by atoms with Crippen molar-refractivity contribution in [2.24, 2.45) is 0 Å². The molecule has 0 bridgehead atoms. The number of aliphatic carboxylic acids is 1. The monoisotopic (exact) mass is 772 g/mol. The minimum atomic E-state index is -4.74. The van der Waals surface area contributed by atoms with Crippen molar-refractivity contribution in [2.45, 2.75) is 187 Å². The van der Waals surface area contributed by atoms with E-state index in [2.05, 4.69) is 55.6 Å². The molecule has 12 heteroatoms. The molecule has 0 fully saturated rings. The third-order valence-corrected chi connectivity index (χ3v) is 9.63. The van der Waals surface area contributed by atoms with Crippen LogP contribution in [0.15, 0.2) is 36.5 Å². The predicted octanol–water partition coefficient (Wildman–Crippen LogP) is 10.1. The Kier molecular flexibility index (Phi) is 35.1. The lowest BCUT2D eigenvalue weighted by molar-refractivity contribution is -0.147. The van der Waals surface area contributed by atoms with Gasteiger partial charge in [0.25, 0.3) is 0 Å². The summed E-state index contributed by atoms with van der Waals surface area (Å²) in [6.07, 6.45) is 37.8. The van der Waals surface area contributed by atoms with Crippen molar-refractivity contribution in [2.75, 3.05) is 19.8 Å². The summed E-state index contributed by atoms with van der Waals surface area (Å²) in [7, 11) is -4.74. The van der Waals surface area contributed by atoms with E-state index >= 15 is 0 Å². The number of unbranched alkanes of at least 4 members (excludes halogenated alkanes) is 18. The number of esters is 1. The van der Waals surface area contributed by atoms with E-state index in [1.807, 2.05) is 0 Å². The Morgan fingerprint density at radius 2 is 1.04 bits per heavy atom. The van der Waals surface area contributed by atoms with Crippen LogP contribution in [0.1, 0.15) is 174 Å². The Hall–Kier alpha value is -2.30. The van der Waals surface area contributed by atoms with Crippen LogP contribution >= 0.6 is 7.82 Å². The minimum absolute atomic E-state index is 0.141. The zero-order valence-electron chi connectivity index (χ0n) is 33.1. The molecule has 0 aromatic carbocycles. The van der Waals surface area contributed by atoms with Crippen LogP contribution in [0.3, 0.4) is 0 Å². The quantitative estimate of drug-likeness (QED) is 0.0205. The van der Waals surface area contributed by atoms with E-state index in [0.29, 0.717) is 12.8 Å². The van der Waals surface area contributed by atoms with Gasteiger partial charge in [-0.1, -0.05) is 147 Å². The van der Waals surface area contributed by atoms with Crippen molar-refractivity contribution < 1.29 is 47.8 Å². The molecular formula is C41H74NO10P. The SMILES string of the molecule is CCCCC/C=C\C/C=C\C/C=C\CCCCCCCCCCCCC(=O)NC(COP(=O)(O)OCC(O)COC(=O)CCCCCCCC)C(=O)O. The van der Waals surface area contributed by atoms with Gasteiger partial charge in [0.05, 0.1) is 13.2 Å². The molecule has 0 saturated carbocycles. The molecule has 3 unspecified atom stereocenters. The maximum atomic E-state index is 12.3. The van der Waals surface area contributed by atoms with Crippen LogP contribution in [0.2, 0.25) is 0 Å². The summed E-state index contributed by atoms with van der Waals surface area (Å²) in [6.45, 7) is 2.47. The van der Waals surface area contributed by atoms with Gasteiger partial charge in [-0.25, -0.2) is 9.36 Å². The second-order valence-electron chi connectivity index (χ2n) is 13.8. The third-order valence-electron chi connectivity index (χ3n) is 8.68. The van der Waals surface area contributed by atoms with Crippen molar-refractivity contribution in [3.05, 3.63) is 36.5 Å². The Labute approximate surface area is 321 Å². The maximum absolute atomic E-state index is 12.3. The van der Waals surface area contributed by atoms with E-state index in [-0.39, 0.29) is 12.8 Å². The second kappa shape index (κ2) is 36.7. The number of aliphatic hydroxyl groups excluding tert-OH is 1. The summed E-state index contributed by atoms with van der Waals surface area (Å²) >= 11 is 0. The van der Waals surface area contributed by atoms with Gasteiger partial charge in [0, 0.05) is 12.8 Å². The average Bonchev–Trinajstić information content (AvgIpc) is 3.13. The lowest BCUT2D eigenvalue weighted by atomic mass is 10.0. The molecule has 0 rings (SSSR count). The number of allylic oxidation sites excluding steroid dienone is 6. The topological polar surface area (TPSA) is 169 Å². The van der Waals surface area contributed by atoms with Gasteiger partial charge in [-0.2, -0.15) is 0 Å². The number of aliphatic hydroxyl groups is 1. The first kappa shape index (κ1) is 50.7. The van der Waals surface area contributed by atoms with Crippen LogP contribution < -0.4 is 5.32 Å². The Bertz CT molecular complexity index is 1050. The molecule has 0 aliphatic carbocycles. The molecule has 0 spiro atoms. The van der Waals surface area contributed by atoms with E-state index in [4.69, 9.17) is 13.8 Å². The molecule has 53 heavy (non-hydrogen) atoms. The fourth-order valence-corrected chi connectivity index (χ4v) is 6.21. The zero-order chi connectivity index (χ0) is 39.3. The highest BCUT2D eigenvalue weighted by Gasteiger charge is 2.28. The first-order valence-electron chi connectivity index (χ1n) is 20.5. The number of carbonyl (C=O) groups excluding carboxylic acids is 2. The predicted molar refractivity (Wildman–Crippen MR) is 212 cm³/mol. The third kappa shape index (κ3) is 36.4. The van der Waals surface area contributed by atoms with Gasteiger partial charge in [-0.15, -0.1) is 0 Å². The number of ether oxygens (including phenoxy) is 1. The Morgan fingerprint density at radius 1 is 0.604 bits per heavy atom. The normalized spacial score (nSPS) is 14.2. The van der Waals surface area contributed by atoms with Gasteiger partial charge >= 0.3 is 19.8 Å². The molecule has 0 heterocycles. The van der Waals surface area contributed by atoms with Gasteiger partial charge in [0.15, 0.2) is 6.04 Å². The number of nitrogens with one attached hydrogen (secondary N) is 1. The van der Waals surface area contributed by atoms with Gasteiger partial charge < -0.3 is 25.2 Å². The number of amides is 1. The van der Waals surface area contributed by atoms with Crippen molar-refractivity contribution in [3.8, 4) is 0 Å². The summed E-state index contributed by atoms with van der Waals surface area (Å²) in [4.78, 5) is 45.6. The van der Waals surface area contributed by atoms with Crippen LogP contribution in [0.4, 0.5) is 0 Å². The summed E-state index contributed by atoms with van der Waals surface area (Å²) in [6, 6.07) is -1.55. The van der Waals surface area contributed by atoms with E-state index < -0.39 is 57.6 Å². The van der Waals surface area contributed by atoms with Crippen LogP contribution in [-0.4, -0.2) is 64.9 Å². The Morgan fingerprint density at radius 3 is 1.58 bits per heavy atom. The number of carbonyl (C=O) groups is 3. The van der Waals surface area contributed by atoms with E-state index in [9.17, 15) is 34.1 Å². The number of carboxylic acid groups (broad SMARTS) is 1. The molecule has 0 aromatic rings. The molecule has 0 aliphatic heterocycles. The first-order valence-corrected chi connectivity index (χ1v) is 22.0. The molecule has 4 N–H and O–H groups in total. The smallest absolute Gasteiger partial charge is 0.472 e. The van der Waals surface area contributed by atoms with Crippen LogP contribution in [0.25, 0.3) is 0 Å². The summed E-state index contributed by atoms with van der Waals surface area (Å²) < 4.78 is 26.6. The maximum Gasteiger partial charge on any atom is 0.472 e. The molecule has 0 saturated heterocycles. The van der Waals surface area contributed by atoms with Gasteiger partial charge in [-0.3, -0.25) is 18.6 Å². The van der Waals surface area contributed by atoms with Crippen molar-refractivity contribution >= 4 is 25.7 Å². The highest BCUT2D eigenvalue weighted by Crippen LogP contribution is 2.43. The number of hydrogen-bond acceptors (Lipinski definition) is 8. The minimum Gasteiger partial charge on any atom is -0.480 e. The molecule has 0 aliphatic rings. The van der Waals surface area contributed by atoms with Gasteiger partial charge in [-0.05, 0) is 51.4 Å². The number of phosphoric ester groups is 1. The molecule has 308 valence electrons. The molecule has 0 aromatic heterocycles. The number of hydrogen-bond donors (Lipinski definition) is 4. The molecule has 3 atom stereocenters. The highest BCUT2D eigenvalue weighted by atomic mass is 31.2. The molecule has 0 radical (unpaired) electrons. The van der Waals surface area contributed by atoms with Crippen LogP contribution in [-0.2, 0) is 32.7 Å². The average molecular weight is 772 g/mol. The van der Waals surface area contributed by atoms with Crippen LogP contribution in [0.5, 0.6) is 0 Å². The van der Waals surface area contributed by atoms with Crippen molar-refractivity contribution in [1.29, 1.82) is 0 Å². The number of phosphoric acid groups is 1. The standard InChI is InChI=1S/C41H74NO10P/c1-3-5-7-9-11-12-13-14-15-16-17-18-19-20-21-22-23-24-25-26-27-28-30-32-39(44)42-38(41(46)47)36-52-53(48,49)51-35-37(43)34-50-40(45)33-31-29-10-8-6-4-2/h11-12,14-15,17-18,37-38,43H,3-10,13,16,19-36H2,1-2H3,(H,42,44)(H,46,47)(H,48,49)/b12-11-,15-14-,18-17-. The molecular weight excluding hydrogens is 697 g/mol. The van der Waals surface area contributed by atoms with Crippen LogP contribution in [0, 0.1) is 0 Å². The van der Waals surface area contributed by atoms with Crippen molar-refractivity contribution in [1.82, 2.24) is 5.32 Å². The lowest BCUT2D eigenvalue weighted by Crippen LogP contribution is -2.43. The summed E-state index contributed by atoms with van der Waals surface area (Å²) in [5.41, 5.74) is 0. The van der Waals surface area contributed by atoms with E-state index in [1.54, 1.807) is 0 Å². The van der Waals surface area contributed by atoms with E-state index in [1.165, 1.54) is 57.8 Å². The van der Waals surface area contributed by atoms with Crippen molar-refractivity contribution in [3.63, 3.8) is 0 Å². The molecule has 1 amide bonds. The fraction of sp³-hybridized carbons (Fsp3) is 0.780.